The van der Waals surface area contributed by atoms with Crippen molar-refractivity contribution in [2.45, 2.75) is 111 Å². The maximum Gasteiger partial charge on any atom is 0.306 e. The molecule has 4 aliphatic rings. The van der Waals surface area contributed by atoms with Gasteiger partial charge in [0, 0.05) is 37.2 Å². The van der Waals surface area contributed by atoms with E-state index in [2.05, 4.69) is 0 Å². The topological polar surface area (TPSA) is 149 Å². The standard InChI is InChI=1S/C30H44O8/c1-15(25(36)37)10-16(31)13-29(6,38)20-12-22(35)30(7)24-17(32)11-19-26(2,3)21(34)8-9-27(19,4)23(24)18(33)14-28(20,30)5/h15,17,19-21,32,34,38H,8-14H2,1-7H3,(H,36,37)/t15-,17-,19-,20-,21-,27-,28+,29-,30-/m0/s1. The number of hydrogen-bond acceptors (Lipinski definition) is 7. The smallest absolute Gasteiger partial charge is 0.306 e. The predicted molar refractivity (Wildman–Crippen MR) is 139 cm³/mol. The van der Waals surface area contributed by atoms with E-state index < -0.39 is 63.1 Å². The Balaban J connectivity index is 1.78. The second kappa shape index (κ2) is 8.80. The number of carboxylic acids is 1. The molecule has 0 heterocycles. The van der Waals surface area contributed by atoms with Crippen LogP contribution in [-0.2, 0) is 19.2 Å². The van der Waals surface area contributed by atoms with Gasteiger partial charge >= 0.3 is 5.97 Å². The fourth-order valence-electron chi connectivity index (χ4n) is 9.16. The number of allylic oxidation sites excluding steroid dienone is 1. The molecule has 0 spiro atoms. The van der Waals surface area contributed by atoms with Gasteiger partial charge in [-0.1, -0.05) is 34.6 Å². The SMILES string of the molecule is C[C@@H](CC(=O)C[C@](C)(O)[C@H]1CC(=O)[C@@]2(C)C3=C(C(=O)C[C@]12C)[C@@]1(C)CC[C@H](O)C(C)(C)[C@@H]1C[C@@H]3O)C(=O)O. The predicted octanol–water partition coefficient (Wildman–Crippen LogP) is 3.25. The van der Waals surface area contributed by atoms with Gasteiger partial charge in [-0.3, -0.25) is 19.2 Å². The third-order valence-electron chi connectivity index (χ3n) is 11.6. The molecular formula is C30H44O8. The quantitative estimate of drug-likeness (QED) is 0.407. The molecular weight excluding hydrogens is 488 g/mol. The van der Waals surface area contributed by atoms with Gasteiger partial charge in [-0.25, -0.2) is 0 Å². The minimum Gasteiger partial charge on any atom is -0.481 e. The van der Waals surface area contributed by atoms with E-state index in [4.69, 9.17) is 0 Å². The van der Waals surface area contributed by atoms with Gasteiger partial charge < -0.3 is 20.4 Å². The van der Waals surface area contributed by atoms with Crippen LogP contribution >= 0.6 is 0 Å². The first-order chi connectivity index (χ1) is 17.2. The highest BCUT2D eigenvalue weighted by molar-refractivity contribution is 6.05. The van der Waals surface area contributed by atoms with Gasteiger partial charge in [0.05, 0.1) is 29.1 Å². The largest absolute Gasteiger partial charge is 0.481 e. The third kappa shape index (κ3) is 3.80. The van der Waals surface area contributed by atoms with Crippen LogP contribution in [0.5, 0.6) is 0 Å². The van der Waals surface area contributed by atoms with E-state index in [1.807, 2.05) is 27.7 Å². The number of Topliss-reactive ketones (excluding diaryl/α,β-unsaturated/α-hetero) is 3. The molecule has 4 N–H and O–H groups in total. The third-order valence-corrected chi connectivity index (χ3v) is 11.6. The van der Waals surface area contributed by atoms with E-state index in [-0.39, 0.29) is 43.2 Å². The van der Waals surface area contributed by atoms with Crippen molar-refractivity contribution in [3.05, 3.63) is 11.1 Å². The maximum atomic E-state index is 14.1. The first kappa shape index (κ1) is 29.1. The Labute approximate surface area is 224 Å². The van der Waals surface area contributed by atoms with Crippen LogP contribution < -0.4 is 0 Å². The molecule has 0 aromatic heterocycles. The molecule has 4 rings (SSSR count). The highest BCUT2D eigenvalue weighted by Gasteiger charge is 2.71. The van der Waals surface area contributed by atoms with Crippen molar-refractivity contribution in [2.24, 2.45) is 39.4 Å². The molecule has 2 saturated carbocycles. The minimum atomic E-state index is -1.64. The second-order valence-corrected chi connectivity index (χ2v) is 14.2. The summed E-state index contributed by atoms with van der Waals surface area (Å²) in [5, 5.41) is 43.2. The summed E-state index contributed by atoms with van der Waals surface area (Å²) in [6, 6.07) is 0. The van der Waals surface area contributed by atoms with Crippen molar-refractivity contribution >= 4 is 23.3 Å². The van der Waals surface area contributed by atoms with Gasteiger partial charge in [0.25, 0.3) is 0 Å². The zero-order valence-corrected chi connectivity index (χ0v) is 23.8. The van der Waals surface area contributed by atoms with Crippen molar-refractivity contribution in [1.82, 2.24) is 0 Å². The average molecular weight is 533 g/mol. The lowest BCUT2D eigenvalue weighted by Crippen LogP contribution is -2.61. The minimum absolute atomic E-state index is 0.00657. The van der Waals surface area contributed by atoms with Gasteiger partial charge in [-0.2, -0.15) is 0 Å². The highest BCUT2D eigenvalue weighted by atomic mass is 16.4. The summed E-state index contributed by atoms with van der Waals surface area (Å²) in [4.78, 5) is 52.0. The molecule has 0 radical (unpaired) electrons. The lowest BCUT2D eigenvalue weighted by molar-refractivity contribution is -0.148. The van der Waals surface area contributed by atoms with Crippen LogP contribution in [0.4, 0.5) is 0 Å². The van der Waals surface area contributed by atoms with E-state index in [0.29, 0.717) is 30.4 Å². The Morgan fingerprint density at radius 2 is 1.71 bits per heavy atom. The van der Waals surface area contributed by atoms with Crippen LogP contribution in [0, 0.1) is 39.4 Å². The zero-order valence-electron chi connectivity index (χ0n) is 23.8. The van der Waals surface area contributed by atoms with Crippen molar-refractivity contribution in [3.63, 3.8) is 0 Å². The molecule has 212 valence electrons. The summed E-state index contributed by atoms with van der Waals surface area (Å²) in [6.45, 7) is 12.5. The van der Waals surface area contributed by atoms with Crippen LogP contribution in [0.2, 0.25) is 0 Å². The highest BCUT2D eigenvalue weighted by Crippen LogP contribution is 2.71. The summed E-state index contributed by atoms with van der Waals surface area (Å²) < 4.78 is 0. The molecule has 0 amide bonds. The Hall–Kier alpha value is -1.90. The summed E-state index contributed by atoms with van der Waals surface area (Å²) >= 11 is 0. The number of aliphatic hydroxyl groups excluding tert-OH is 2. The van der Waals surface area contributed by atoms with Crippen LogP contribution in [0.25, 0.3) is 0 Å². The van der Waals surface area contributed by atoms with Crippen molar-refractivity contribution in [3.8, 4) is 0 Å². The van der Waals surface area contributed by atoms with Crippen LogP contribution in [0.15, 0.2) is 11.1 Å². The molecule has 8 nitrogen and oxygen atoms in total. The molecule has 0 aromatic rings. The number of hydrogen-bond donors (Lipinski definition) is 4. The summed E-state index contributed by atoms with van der Waals surface area (Å²) in [5.41, 5.74) is -3.99. The number of carboxylic acid groups (broad SMARTS) is 1. The molecule has 0 aromatic carbocycles. The summed E-state index contributed by atoms with van der Waals surface area (Å²) in [6.07, 6.45) is -0.727. The van der Waals surface area contributed by atoms with E-state index in [0.717, 1.165) is 0 Å². The van der Waals surface area contributed by atoms with Gasteiger partial charge in [0.15, 0.2) is 5.78 Å². The van der Waals surface area contributed by atoms with Crippen LogP contribution in [-0.4, -0.2) is 61.6 Å². The fraction of sp³-hybridized carbons (Fsp3) is 0.800. The Morgan fingerprint density at radius 3 is 2.29 bits per heavy atom. The monoisotopic (exact) mass is 532 g/mol. The molecule has 4 aliphatic carbocycles. The van der Waals surface area contributed by atoms with E-state index >= 15 is 0 Å². The second-order valence-electron chi connectivity index (χ2n) is 14.2. The zero-order chi connectivity index (χ0) is 28.8. The van der Waals surface area contributed by atoms with Gasteiger partial charge in [0.2, 0.25) is 0 Å². The average Bonchev–Trinajstić information content (AvgIpc) is 2.99. The van der Waals surface area contributed by atoms with Gasteiger partial charge in [0.1, 0.15) is 11.6 Å². The number of carbonyl (C=O) groups is 4. The molecule has 0 saturated heterocycles. The van der Waals surface area contributed by atoms with Crippen LogP contribution in [0.1, 0.15) is 93.4 Å². The molecule has 0 aliphatic heterocycles. The first-order valence-corrected chi connectivity index (χ1v) is 13.9. The number of aliphatic carboxylic acids is 1. The molecule has 9 atom stereocenters. The van der Waals surface area contributed by atoms with Gasteiger partial charge in [-0.05, 0) is 60.8 Å². The Kier molecular flexibility index (Phi) is 6.74. The number of ketones is 3. The molecule has 8 heteroatoms. The van der Waals surface area contributed by atoms with Gasteiger partial charge in [-0.15, -0.1) is 0 Å². The first-order valence-electron chi connectivity index (χ1n) is 13.9. The van der Waals surface area contributed by atoms with Crippen LogP contribution in [0.3, 0.4) is 0 Å². The lowest BCUT2D eigenvalue weighted by atomic mass is 9.42. The fourth-order valence-corrected chi connectivity index (χ4v) is 9.16. The van der Waals surface area contributed by atoms with E-state index in [9.17, 15) is 39.6 Å². The van der Waals surface area contributed by atoms with E-state index in [1.165, 1.54) is 13.8 Å². The van der Waals surface area contributed by atoms with Crippen molar-refractivity contribution in [2.75, 3.05) is 0 Å². The number of rotatable bonds is 6. The number of aliphatic hydroxyl groups is 3. The number of carbonyl (C=O) groups excluding carboxylic acids is 3. The molecule has 0 unspecified atom stereocenters. The van der Waals surface area contributed by atoms with Crippen molar-refractivity contribution in [1.29, 1.82) is 0 Å². The molecule has 0 bridgehead atoms. The summed E-state index contributed by atoms with van der Waals surface area (Å²) in [7, 11) is 0. The van der Waals surface area contributed by atoms with E-state index in [1.54, 1.807) is 6.92 Å². The Bertz CT molecular complexity index is 1120. The molecule has 2 fully saturated rings. The number of fused-ring (bicyclic) bond motifs is 4. The Morgan fingerprint density at radius 1 is 1.11 bits per heavy atom. The lowest BCUT2D eigenvalue weighted by Gasteiger charge is -2.62. The van der Waals surface area contributed by atoms with Crippen molar-refractivity contribution < 1.29 is 39.6 Å². The molecule has 38 heavy (non-hydrogen) atoms. The normalized spacial score (nSPS) is 42.6. The summed E-state index contributed by atoms with van der Waals surface area (Å²) in [5.74, 6) is -3.56. The maximum absolute atomic E-state index is 14.1.